The lowest BCUT2D eigenvalue weighted by Crippen LogP contribution is -2.29. The Morgan fingerprint density at radius 2 is 2.15 bits per heavy atom. The zero-order valence-corrected chi connectivity index (χ0v) is 12.3. The van der Waals surface area contributed by atoms with Gasteiger partial charge in [-0.2, -0.15) is 0 Å². The maximum atomic E-state index is 12.0. The summed E-state index contributed by atoms with van der Waals surface area (Å²) in [6.07, 6.45) is 0.0580. The van der Waals surface area contributed by atoms with Crippen LogP contribution in [0, 0.1) is 5.92 Å². The van der Waals surface area contributed by atoms with Gasteiger partial charge in [0.15, 0.2) is 0 Å². The number of carbonyl (C=O) groups is 3. The van der Waals surface area contributed by atoms with E-state index < -0.39 is 17.8 Å². The Morgan fingerprint density at radius 3 is 2.70 bits per heavy atom. The van der Waals surface area contributed by atoms with Crippen LogP contribution >= 0.6 is 15.9 Å². The van der Waals surface area contributed by atoms with Crippen molar-refractivity contribution in [1.82, 2.24) is 0 Å². The minimum absolute atomic E-state index is 0.0580. The van der Waals surface area contributed by atoms with Crippen LogP contribution in [0.15, 0.2) is 22.7 Å². The first-order valence-corrected chi connectivity index (χ1v) is 6.71. The monoisotopic (exact) mass is 340 g/mol. The van der Waals surface area contributed by atoms with Crippen LogP contribution in [0.5, 0.6) is 0 Å². The summed E-state index contributed by atoms with van der Waals surface area (Å²) in [5.74, 6) is -1.83. The number of esters is 1. The van der Waals surface area contributed by atoms with E-state index in [2.05, 4.69) is 15.9 Å². The van der Waals surface area contributed by atoms with E-state index in [0.717, 1.165) is 4.47 Å². The first-order valence-electron chi connectivity index (χ1n) is 5.91. The number of nitrogens with zero attached hydrogens (tertiary/aromatic N) is 1. The van der Waals surface area contributed by atoms with Gasteiger partial charge in [-0.3, -0.25) is 9.59 Å². The first-order chi connectivity index (χ1) is 9.43. The molecule has 2 rings (SSSR count). The van der Waals surface area contributed by atoms with Crippen molar-refractivity contribution >= 4 is 39.4 Å². The van der Waals surface area contributed by atoms with Crippen molar-refractivity contribution in [2.24, 2.45) is 11.7 Å². The lowest BCUT2D eigenvalue weighted by molar-refractivity contribution is -0.123. The number of ether oxygens (including phenoxy) is 1. The summed E-state index contributed by atoms with van der Waals surface area (Å²) in [6, 6.07) is 4.89. The molecule has 1 aliphatic rings. The second-order valence-electron chi connectivity index (χ2n) is 4.46. The fourth-order valence-electron chi connectivity index (χ4n) is 2.14. The fourth-order valence-corrected chi connectivity index (χ4v) is 2.49. The van der Waals surface area contributed by atoms with Crippen molar-refractivity contribution in [2.45, 2.75) is 6.42 Å². The van der Waals surface area contributed by atoms with E-state index in [1.807, 2.05) is 0 Å². The third-order valence-electron chi connectivity index (χ3n) is 3.18. The van der Waals surface area contributed by atoms with Crippen LogP contribution in [-0.2, 0) is 14.3 Å². The Labute approximate surface area is 124 Å². The van der Waals surface area contributed by atoms with Gasteiger partial charge in [-0.1, -0.05) is 15.9 Å². The molecule has 2 amide bonds. The lowest BCUT2D eigenvalue weighted by Gasteiger charge is -2.19. The van der Waals surface area contributed by atoms with E-state index in [9.17, 15) is 14.4 Å². The number of rotatable bonds is 3. The molecule has 1 atom stereocenters. The number of benzene rings is 1. The highest BCUT2D eigenvalue weighted by molar-refractivity contribution is 9.10. The molecule has 20 heavy (non-hydrogen) atoms. The molecule has 0 aromatic heterocycles. The minimum atomic E-state index is -0.539. The van der Waals surface area contributed by atoms with Gasteiger partial charge in [0.05, 0.1) is 24.3 Å². The molecule has 1 fully saturated rings. The standard InChI is InChI=1S/C13H13BrN2O4/c1-20-13(19)9-3-2-8(14)5-10(9)16-6-7(12(15)18)4-11(16)17/h2-3,5,7H,4,6H2,1H3,(H2,15,18). The maximum absolute atomic E-state index is 12.0. The Balaban J connectivity index is 2.42. The van der Waals surface area contributed by atoms with Gasteiger partial charge in [-0.15, -0.1) is 0 Å². The average Bonchev–Trinajstić information content (AvgIpc) is 2.80. The van der Waals surface area contributed by atoms with Gasteiger partial charge in [-0.25, -0.2) is 4.79 Å². The van der Waals surface area contributed by atoms with Crippen LogP contribution in [0.1, 0.15) is 16.8 Å². The molecule has 0 spiro atoms. The van der Waals surface area contributed by atoms with E-state index >= 15 is 0 Å². The first kappa shape index (κ1) is 14.5. The Morgan fingerprint density at radius 1 is 1.45 bits per heavy atom. The number of carbonyl (C=O) groups excluding carboxylic acids is 3. The van der Waals surface area contributed by atoms with E-state index in [1.165, 1.54) is 12.0 Å². The smallest absolute Gasteiger partial charge is 0.339 e. The topological polar surface area (TPSA) is 89.7 Å². The van der Waals surface area contributed by atoms with Gasteiger partial charge in [0, 0.05) is 17.4 Å². The summed E-state index contributed by atoms with van der Waals surface area (Å²) in [5.41, 5.74) is 5.92. The highest BCUT2D eigenvalue weighted by atomic mass is 79.9. The molecule has 1 saturated heterocycles. The van der Waals surface area contributed by atoms with Crippen LogP contribution in [-0.4, -0.2) is 31.4 Å². The van der Waals surface area contributed by atoms with E-state index in [0.29, 0.717) is 5.69 Å². The van der Waals surface area contributed by atoms with Crippen LogP contribution < -0.4 is 10.6 Å². The molecule has 1 heterocycles. The van der Waals surface area contributed by atoms with Crippen LogP contribution in [0.2, 0.25) is 0 Å². The summed E-state index contributed by atoms with van der Waals surface area (Å²) >= 11 is 3.30. The molecular weight excluding hydrogens is 328 g/mol. The number of methoxy groups -OCH3 is 1. The van der Waals surface area contributed by atoms with E-state index in [4.69, 9.17) is 10.5 Å². The number of hydrogen-bond acceptors (Lipinski definition) is 4. The number of halogens is 1. The highest BCUT2D eigenvalue weighted by Gasteiger charge is 2.35. The lowest BCUT2D eigenvalue weighted by atomic mass is 10.1. The molecule has 0 bridgehead atoms. The molecule has 0 saturated carbocycles. The molecule has 1 aromatic carbocycles. The van der Waals surface area contributed by atoms with Gasteiger partial charge in [0.25, 0.3) is 0 Å². The van der Waals surface area contributed by atoms with Gasteiger partial charge < -0.3 is 15.4 Å². The number of nitrogens with two attached hydrogens (primary N) is 1. The summed E-state index contributed by atoms with van der Waals surface area (Å²) < 4.78 is 5.42. The van der Waals surface area contributed by atoms with Crippen molar-refractivity contribution in [2.75, 3.05) is 18.6 Å². The van der Waals surface area contributed by atoms with Gasteiger partial charge in [0.1, 0.15) is 0 Å². The molecule has 2 N–H and O–H groups in total. The summed E-state index contributed by atoms with van der Waals surface area (Å²) in [4.78, 5) is 36.4. The van der Waals surface area contributed by atoms with Gasteiger partial charge >= 0.3 is 5.97 Å². The second-order valence-corrected chi connectivity index (χ2v) is 5.38. The molecule has 0 aliphatic carbocycles. The number of anilines is 1. The number of hydrogen-bond donors (Lipinski definition) is 1. The Hall–Kier alpha value is -1.89. The second kappa shape index (κ2) is 5.62. The zero-order valence-electron chi connectivity index (χ0n) is 10.8. The molecule has 0 radical (unpaired) electrons. The predicted octanol–water partition coefficient (Wildman–Crippen LogP) is 1.07. The third kappa shape index (κ3) is 2.67. The van der Waals surface area contributed by atoms with Crippen molar-refractivity contribution in [3.63, 3.8) is 0 Å². The largest absolute Gasteiger partial charge is 0.465 e. The van der Waals surface area contributed by atoms with E-state index in [1.54, 1.807) is 18.2 Å². The summed E-state index contributed by atoms with van der Waals surface area (Å²) in [5, 5.41) is 0. The SMILES string of the molecule is COC(=O)c1ccc(Br)cc1N1CC(C(N)=O)CC1=O. The van der Waals surface area contributed by atoms with Crippen LogP contribution in [0.4, 0.5) is 5.69 Å². The molecule has 6 nitrogen and oxygen atoms in total. The molecule has 1 aliphatic heterocycles. The fraction of sp³-hybridized carbons (Fsp3) is 0.308. The normalized spacial score (nSPS) is 18.2. The minimum Gasteiger partial charge on any atom is -0.465 e. The molecular formula is C13H13BrN2O4. The quantitative estimate of drug-likeness (QED) is 0.833. The molecule has 1 unspecified atom stereocenters. The number of primary amides is 1. The third-order valence-corrected chi connectivity index (χ3v) is 3.68. The molecule has 7 heteroatoms. The predicted molar refractivity (Wildman–Crippen MR) is 75.1 cm³/mol. The number of amides is 2. The van der Waals surface area contributed by atoms with Crippen molar-refractivity contribution < 1.29 is 19.1 Å². The van der Waals surface area contributed by atoms with Crippen LogP contribution in [0.25, 0.3) is 0 Å². The van der Waals surface area contributed by atoms with Crippen molar-refractivity contribution in [1.29, 1.82) is 0 Å². The highest BCUT2D eigenvalue weighted by Crippen LogP contribution is 2.31. The maximum Gasteiger partial charge on any atom is 0.339 e. The zero-order chi connectivity index (χ0) is 14.9. The molecule has 106 valence electrons. The summed E-state index contributed by atoms with van der Waals surface area (Å²) in [7, 11) is 1.27. The Kier molecular flexibility index (Phi) is 4.08. The van der Waals surface area contributed by atoms with E-state index in [-0.39, 0.29) is 24.4 Å². The van der Waals surface area contributed by atoms with Gasteiger partial charge in [-0.05, 0) is 18.2 Å². The Bertz CT molecular complexity index is 588. The average molecular weight is 341 g/mol. The van der Waals surface area contributed by atoms with Gasteiger partial charge in [0.2, 0.25) is 11.8 Å². The summed E-state index contributed by atoms with van der Waals surface area (Å²) in [6.45, 7) is 0.175. The van der Waals surface area contributed by atoms with Crippen molar-refractivity contribution in [3.05, 3.63) is 28.2 Å². The van der Waals surface area contributed by atoms with Crippen molar-refractivity contribution in [3.8, 4) is 0 Å². The van der Waals surface area contributed by atoms with Crippen LogP contribution in [0.3, 0.4) is 0 Å². The molecule has 1 aromatic rings.